The highest BCUT2D eigenvalue weighted by Gasteiger charge is 2.20. The highest BCUT2D eigenvalue weighted by Crippen LogP contribution is 2.16. The van der Waals surface area contributed by atoms with Crippen LogP contribution in [0.2, 0.25) is 0 Å². The van der Waals surface area contributed by atoms with Crippen molar-refractivity contribution in [2.24, 2.45) is 5.92 Å². The minimum atomic E-state index is -0.794. The van der Waals surface area contributed by atoms with Gasteiger partial charge in [-0.2, -0.15) is 0 Å². The van der Waals surface area contributed by atoms with Gasteiger partial charge in [0.1, 0.15) is 0 Å². The van der Waals surface area contributed by atoms with Crippen molar-refractivity contribution in [1.29, 1.82) is 0 Å². The van der Waals surface area contributed by atoms with Crippen LogP contribution in [0.5, 0.6) is 0 Å². The maximum atomic E-state index is 9.85. The molecule has 0 aliphatic heterocycles. The first-order chi connectivity index (χ1) is 12.2. The van der Waals surface area contributed by atoms with Gasteiger partial charge in [0.25, 0.3) is 0 Å². The van der Waals surface area contributed by atoms with Gasteiger partial charge in [-0.05, 0) is 17.5 Å². The smallest absolute Gasteiger partial charge is 0.156 e. The SMILES string of the molecule is COC(O)C(C)CC(COCc1ccccc1)OCc1ccccc1. The van der Waals surface area contributed by atoms with Crippen LogP contribution in [0.3, 0.4) is 0 Å². The molecule has 0 aliphatic rings. The summed E-state index contributed by atoms with van der Waals surface area (Å²) in [5, 5.41) is 9.85. The molecule has 0 bridgehead atoms. The van der Waals surface area contributed by atoms with E-state index in [1.165, 1.54) is 7.11 Å². The molecular formula is C21H28O4. The van der Waals surface area contributed by atoms with Gasteiger partial charge < -0.3 is 19.3 Å². The molecule has 0 aliphatic carbocycles. The third kappa shape index (κ3) is 7.36. The maximum Gasteiger partial charge on any atom is 0.156 e. The van der Waals surface area contributed by atoms with Crippen molar-refractivity contribution in [3.63, 3.8) is 0 Å². The molecule has 0 heterocycles. The molecule has 25 heavy (non-hydrogen) atoms. The predicted molar refractivity (Wildman–Crippen MR) is 97.9 cm³/mol. The molecule has 0 amide bonds. The van der Waals surface area contributed by atoms with E-state index < -0.39 is 6.29 Å². The molecule has 0 aromatic heterocycles. The molecular weight excluding hydrogens is 316 g/mol. The second-order valence-electron chi connectivity index (χ2n) is 6.26. The summed E-state index contributed by atoms with van der Waals surface area (Å²) in [6, 6.07) is 20.1. The molecule has 2 aromatic carbocycles. The highest BCUT2D eigenvalue weighted by molar-refractivity contribution is 5.14. The van der Waals surface area contributed by atoms with Crippen LogP contribution in [0, 0.1) is 5.92 Å². The number of hydrogen-bond donors (Lipinski definition) is 1. The zero-order valence-corrected chi connectivity index (χ0v) is 15.0. The average Bonchev–Trinajstić information content (AvgIpc) is 2.66. The first kappa shape index (κ1) is 19.6. The second-order valence-corrected chi connectivity index (χ2v) is 6.26. The Kier molecular flexibility index (Phi) is 8.63. The van der Waals surface area contributed by atoms with E-state index in [2.05, 4.69) is 0 Å². The van der Waals surface area contributed by atoms with Crippen molar-refractivity contribution < 1.29 is 19.3 Å². The largest absolute Gasteiger partial charge is 0.374 e. The Balaban J connectivity index is 1.86. The molecule has 0 fully saturated rings. The van der Waals surface area contributed by atoms with E-state index in [-0.39, 0.29) is 12.0 Å². The molecule has 136 valence electrons. The number of aliphatic hydroxyl groups excluding tert-OH is 1. The van der Waals surface area contributed by atoms with Gasteiger partial charge >= 0.3 is 0 Å². The van der Waals surface area contributed by atoms with Crippen LogP contribution in [0.1, 0.15) is 24.5 Å². The number of benzene rings is 2. The van der Waals surface area contributed by atoms with Crippen LogP contribution >= 0.6 is 0 Å². The lowest BCUT2D eigenvalue weighted by Gasteiger charge is -2.24. The Bertz CT molecular complexity index is 573. The van der Waals surface area contributed by atoms with E-state index in [9.17, 15) is 5.11 Å². The van der Waals surface area contributed by atoms with Crippen molar-refractivity contribution in [2.75, 3.05) is 13.7 Å². The topological polar surface area (TPSA) is 47.9 Å². The normalized spacial score (nSPS) is 14.8. The third-order valence-corrected chi connectivity index (χ3v) is 4.11. The van der Waals surface area contributed by atoms with E-state index in [4.69, 9.17) is 14.2 Å². The number of methoxy groups -OCH3 is 1. The Morgan fingerprint density at radius 1 is 0.880 bits per heavy atom. The number of ether oxygens (including phenoxy) is 3. The van der Waals surface area contributed by atoms with Gasteiger partial charge in [-0.15, -0.1) is 0 Å². The van der Waals surface area contributed by atoms with Gasteiger partial charge in [0.2, 0.25) is 0 Å². The van der Waals surface area contributed by atoms with E-state index in [0.29, 0.717) is 26.2 Å². The molecule has 1 N–H and O–H groups in total. The Labute approximate surface area is 150 Å². The summed E-state index contributed by atoms with van der Waals surface area (Å²) in [6.07, 6.45) is -0.239. The summed E-state index contributed by atoms with van der Waals surface area (Å²) in [7, 11) is 1.51. The van der Waals surface area contributed by atoms with Crippen LogP contribution < -0.4 is 0 Å². The number of rotatable bonds is 11. The maximum absolute atomic E-state index is 9.85. The third-order valence-electron chi connectivity index (χ3n) is 4.11. The fourth-order valence-corrected chi connectivity index (χ4v) is 2.62. The van der Waals surface area contributed by atoms with E-state index in [0.717, 1.165) is 11.1 Å². The fraction of sp³-hybridized carbons (Fsp3) is 0.429. The highest BCUT2D eigenvalue weighted by atomic mass is 16.6. The molecule has 0 saturated heterocycles. The summed E-state index contributed by atoms with van der Waals surface area (Å²) in [5.74, 6) is -0.0360. The molecule has 0 spiro atoms. The molecule has 0 radical (unpaired) electrons. The zero-order valence-electron chi connectivity index (χ0n) is 15.0. The Morgan fingerprint density at radius 3 is 2.00 bits per heavy atom. The zero-order chi connectivity index (χ0) is 17.9. The lowest BCUT2D eigenvalue weighted by atomic mass is 10.0. The first-order valence-corrected chi connectivity index (χ1v) is 8.67. The first-order valence-electron chi connectivity index (χ1n) is 8.67. The molecule has 4 heteroatoms. The summed E-state index contributed by atoms with van der Waals surface area (Å²) >= 11 is 0. The number of hydrogen-bond acceptors (Lipinski definition) is 4. The van der Waals surface area contributed by atoms with Crippen LogP contribution in [0.15, 0.2) is 60.7 Å². The van der Waals surface area contributed by atoms with Crippen LogP contribution in [-0.2, 0) is 27.4 Å². The Hall–Kier alpha value is -1.72. The molecule has 0 saturated carbocycles. The van der Waals surface area contributed by atoms with Crippen molar-refractivity contribution in [3.05, 3.63) is 71.8 Å². The van der Waals surface area contributed by atoms with Gasteiger partial charge in [-0.1, -0.05) is 67.6 Å². The monoisotopic (exact) mass is 344 g/mol. The summed E-state index contributed by atoms with van der Waals surface area (Å²) in [5.41, 5.74) is 2.25. The van der Waals surface area contributed by atoms with Gasteiger partial charge in [-0.25, -0.2) is 0 Å². The lowest BCUT2D eigenvalue weighted by Crippen LogP contribution is -2.28. The quantitative estimate of drug-likeness (QED) is 0.630. The van der Waals surface area contributed by atoms with Gasteiger partial charge in [0.15, 0.2) is 6.29 Å². The van der Waals surface area contributed by atoms with Crippen LogP contribution in [0.25, 0.3) is 0 Å². The minimum Gasteiger partial charge on any atom is -0.374 e. The molecule has 2 aromatic rings. The van der Waals surface area contributed by atoms with Gasteiger partial charge in [0, 0.05) is 13.0 Å². The predicted octanol–water partition coefficient (Wildman–Crippen LogP) is 3.78. The fourth-order valence-electron chi connectivity index (χ4n) is 2.62. The standard InChI is InChI=1S/C21H28O4/c1-17(21(22)23-2)13-20(25-15-19-11-7-4-8-12-19)16-24-14-18-9-5-3-6-10-18/h3-12,17,20-22H,13-16H2,1-2H3. The Morgan fingerprint density at radius 2 is 1.44 bits per heavy atom. The minimum absolute atomic E-state index is 0.0360. The van der Waals surface area contributed by atoms with Gasteiger partial charge in [0.05, 0.1) is 25.9 Å². The van der Waals surface area contributed by atoms with Crippen molar-refractivity contribution in [3.8, 4) is 0 Å². The van der Waals surface area contributed by atoms with Crippen molar-refractivity contribution in [1.82, 2.24) is 0 Å². The average molecular weight is 344 g/mol. The number of aliphatic hydroxyl groups is 1. The lowest BCUT2D eigenvalue weighted by molar-refractivity contribution is -0.126. The van der Waals surface area contributed by atoms with E-state index in [1.54, 1.807) is 0 Å². The van der Waals surface area contributed by atoms with Crippen molar-refractivity contribution in [2.45, 2.75) is 39.0 Å². The summed E-state index contributed by atoms with van der Waals surface area (Å²) in [4.78, 5) is 0. The summed E-state index contributed by atoms with van der Waals surface area (Å²) < 4.78 is 16.9. The molecule has 2 rings (SSSR count). The summed E-state index contributed by atoms with van der Waals surface area (Å²) in [6.45, 7) is 3.50. The molecule has 4 nitrogen and oxygen atoms in total. The van der Waals surface area contributed by atoms with E-state index in [1.807, 2.05) is 67.6 Å². The van der Waals surface area contributed by atoms with Crippen molar-refractivity contribution >= 4 is 0 Å². The van der Waals surface area contributed by atoms with Gasteiger partial charge in [-0.3, -0.25) is 0 Å². The molecule has 3 unspecified atom stereocenters. The van der Waals surface area contributed by atoms with Crippen LogP contribution in [0.4, 0.5) is 0 Å². The van der Waals surface area contributed by atoms with E-state index >= 15 is 0 Å². The second kappa shape index (κ2) is 11.0. The van der Waals surface area contributed by atoms with Crippen LogP contribution in [-0.4, -0.2) is 31.2 Å². The molecule has 3 atom stereocenters.